The summed E-state index contributed by atoms with van der Waals surface area (Å²) < 4.78 is 5.00. The van der Waals surface area contributed by atoms with E-state index in [1.54, 1.807) is 31.6 Å². The number of nitrogens with zero attached hydrogens (tertiary/aromatic N) is 3. The minimum atomic E-state index is -0.361. The van der Waals surface area contributed by atoms with Crippen molar-refractivity contribution >= 4 is 17.7 Å². The molecule has 3 aromatic rings. The van der Waals surface area contributed by atoms with E-state index in [2.05, 4.69) is 20.2 Å². The summed E-state index contributed by atoms with van der Waals surface area (Å²) in [5.74, 6) is 0.402. The lowest BCUT2D eigenvalue weighted by Crippen LogP contribution is -2.45. The third kappa shape index (κ3) is 5.11. The fourth-order valence-electron chi connectivity index (χ4n) is 3.80. The number of carbonyl (C=O) groups excluding carboxylic acids is 2. The molecule has 0 aliphatic carbocycles. The normalized spacial score (nSPS) is 14.1. The van der Waals surface area contributed by atoms with Gasteiger partial charge >= 0.3 is 5.97 Å². The van der Waals surface area contributed by atoms with Gasteiger partial charge in [-0.15, -0.1) is 0 Å². The zero-order valence-corrected chi connectivity index (χ0v) is 18.0. The molecule has 164 valence electrons. The number of anilines is 1. The fourth-order valence-corrected chi connectivity index (χ4v) is 3.80. The number of rotatable bonds is 6. The molecular weight excluding hydrogens is 404 g/mol. The third-order valence-corrected chi connectivity index (χ3v) is 5.53. The van der Waals surface area contributed by atoms with Crippen LogP contribution in [0.15, 0.2) is 67.1 Å². The van der Waals surface area contributed by atoms with Gasteiger partial charge in [-0.05, 0) is 55.7 Å². The summed E-state index contributed by atoms with van der Waals surface area (Å²) in [6.07, 6.45) is 6.73. The van der Waals surface area contributed by atoms with Gasteiger partial charge in [0.15, 0.2) is 0 Å². The molecule has 1 aliphatic rings. The number of hydrogen-bond acceptors (Lipinski definition) is 6. The quantitative estimate of drug-likeness (QED) is 0.600. The van der Waals surface area contributed by atoms with E-state index in [-0.39, 0.29) is 17.9 Å². The monoisotopic (exact) mass is 430 g/mol. The minimum absolute atomic E-state index is 0.0638. The number of benzene rings is 1. The average Bonchev–Trinajstić information content (AvgIpc) is 2.85. The number of hydrogen-bond donors (Lipinski definition) is 1. The lowest BCUT2D eigenvalue weighted by atomic mass is 10.0. The summed E-state index contributed by atoms with van der Waals surface area (Å²) in [4.78, 5) is 35.3. The molecule has 0 unspecified atom stereocenters. The first-order valence-electron chi connectivity index (χ1n) is 10.8. The molecule has 1 N–H and O–H groups in total. The maximum Gasteiger partial charge on any atom is 0.339 e. The third-order valence-electron chi connectivity index (χ3n) is 5.53. The molecule has 1 aliphatic heterocycles. The van der Waals surface area contributed by atoms with Crippen molar-refractivity contribution in [2.75, 3.05) is 24.6 Å². The van der Waals surface area contributed by atoms with E-state index >= 15 is 0 Å². The molecule has 4 rings (SSSR count). The number of pyridine rings is 2. The molecule has 0 radical (unpaired) electrons. The van der Waals surface area contributed by atoms with Gasteiger partial charge in [0, 0.05) is 48.8 Å². The van der Waals surface area contributed by atoms with Gasteiger partial charge in [0.2, 0.25) is 0 Å². The molecule has 0 spiro atoms. The van der Waals surface area contributed by atoms with Crippen LogP contribution in [-0.2, 0) is 4.74 Å². The summed E-state index contributed by atoms with van der Waals surface area (Å²) in [5.41, 5.74) is 3.05. The van der Waals surface area contributed by atoms with Crippen molar-refractivity contribution < 1.29 is 14.3 Å². The molecule has 2 aromatic heterocycles. The van der Waals surface area contributed by atoms with Crippen LogP contribution >= 0.6 is 0 Å². The summed E-state index contributed by atoms with van der Waals surface area (Å²) in [6.45, 7) is 3.69. The standard InChI is InChI=1S/C25H26N4O3/c1-2-32-25(31)21-8-9-23(27-17-21)29-13-10-22(11-14-29)28-24(30)19-6-3-5-18(15-19)20-7-4-12-26-16-20/h3-9,12,15-17,22H,2,10-11,13-14H2,1H3,(H,28,30). The Morgan fingerprint density at radius 3 is 2.53 bits per heavy atom. The van der Waals surface area contributed by atoms with Crippen molar-refractivity contribution in [1.29, 1.82) is 0 Å². The number of carbonyl (C=O) groups is 2. The average molecular weight is 431 g/mol. The molecule has 1 fully saturated rings. The Kier molecular flexibility index (Phi) is 6.75. The van der Waals surface area contributed by atoms with Gasteiger partial charge in [-0.1, -0.05) is 18.2 Å². The summed E-state index contributed by atoms with van der Waals surface area (Å²) in [6, 6.07) is 15.2. The van der Waals surface area contributed by atoms with E-state index in [1.807, 2.05) is 42.5 Å². The van der Waals surface area contributed by atoms with Crippen molar-refractivity contribution in [3.8, 4) is 11.1 Å². The van der Waals surface area contributed by atoms with Gasteiger partial charge in [0.25, 0.3) is 5.91 Å². The van der Waals surface area contributed by atoms with Gasteiger partial charge < -0.3 is 15.0 Å². The molecular formula is C25H26N4O3. The van der Waals surface area contributed by atoms with Crippen LogP contribution in [0.25, 0.3) is 11.1 Å². The highest BCUT2D eigenvalue weighted by Gasteiger charge is 2.22. The van der Waals surface area contributed by atoms with Crippen LogP contribution in [0, 0.1) is 0 Å². The highest BCUT2D eigenvalue weighted by molar-refractivity contribution is 5.95. The highest BCUT2D eigenvalue weighted by atomic mass is 16.5. The predicted molar refractivity (Wildman–Crippen MR) is 123 cm³/mol. The van der Waals surface area contributed by atoms with E-state index in [1.165, 1.54) is 0 Å². The number of nitrogens with one attached hydrogen (secondary N) is 1. The second kappa shape index (κ2) is 10.0. The topological polar surface area (TPSA) is 84.4 Å². The Balaban J connectivity index is 1.32. The molecule has 32 heavy (non-hydrogen) atoms. The second-order valence-electron chi connectivity index (χ2n) is 7.68. The minimum Gasteiger partial charge on any atom is -0.462 e. The number of esters is 1. The van der Waals surface area contributed by atoms with E-state index in [0.717, 1.165) is 42.9 Å². The summed E-state index contributed by atoms with van der Waals surface area (Å²) in [7, 11) is 0. The Bertz CT molecular complexity index is 1060. The zero-order valence-electron chi connectivity index (χ0n) is 18.0. The van der Waals surface area contributed by atoms with Crippen LogP contribution in [0.2, 0.25) is 0 Å². The van der Waals surface area contributed by atoms with Gasteiger partial charge in [0.05, 0.1) is 12.2 Å². The van der Waals surface area contributed by atoms with Gasteiger partial charge in [-0.25, -0.2) is 9.78 Å². The SMILES string of the molecule is CCOC(=O)c1ccc(N2CCC(NC(=O)c3cccc(-c4cccnc4)c3)CC2)nc1. The van der Waals surface area contributed by atoms with Gasteiger partial charge in [-0.3, -0.25) is 9.78 Å². The number of amides is 1. The Hall–Kier alpha value is -3.74. The van der Waals surface area contributed by atoms with Crippen LogP contribution in [0.4, 0.5) is 5.82 Å². The van der Waals surface area contributed by atoms with Crippen molar-refractivity contribution in [2.45, 2.75) is 25.8 Å². The first-order valence-corrected chi connectivity index (χ1v) is 10.8. The van der Waals surface area contributed by atoms with Crippen molar-refractivity contribution in [3.05, 3.63) is 78.2 Å². The lowest BCUT2D eigenvalue weighted by molar-refractivity contribution is 0.0525. The molecule has 7 heteroatoms. The molecule has 0 saturated carbocycles. The molecule has 7 nitrogen and oxygen atoms in total. The predicted octanol–water partition coefficient (Wildman–Crippen LogP) is 3.72. The first-order chi connectivity index (χ1) is 15.6. The number of ether oxygens (including phenoxy) is 1. The summed E-state index contributed by atoms with van der Waals surface area (Å²) in [5, 5.41) is 3.16. The largest absolute Gasteiger partial charge is 0.462 e. The molecule has 1 saturated heterocycles. The lowest BCUT2D eigenvalue weighted by Gasteiger charge is -2.33. The van der Waals surface area contributed by atoms with Crippen LogP contribution in [-0.4, -0.2) is 47.6 Å². The zero-order chi connectivity index (χ0) is 22.3. The van der Waals surface area contributed by atoms with E-state index in [4.69, 9.17) is 4.74 Å². The van der Waals surface area contributed by atoms with Crippen molar-refractivity contribution in [2.24, 2.45) is 0 Å². The first kappa shape index (κ1) is 21.5. The van der Waals surface area contributed by atoms with Gasteiger partial charge in [-0.2, -0.15) is 0 Å². The summed E-state index contributed by atoms with van der Waals surface area (Å²) >= 11 is 0. The Labute approximate surface area is 187 Å². The smallest absolute Gasteiger partial charge is 0.339 e. The Morgan fingerprint density at radius 1 is 1.03 bits per heavy atom. The van der Waals surface area contributed by atoms with Crippen LogP contribution < -0.4 is 10.2 Å². The fraction of sp³-hybridized carbons (Fsp3) is 0.280. The van der Waals surface area contributed by atoms with Crippen LogP contribution in [0.5, 0.6) is 0 Å². The maximum absolute atomic E-state index is 12.8. The van der Waals surface area contributed by atoms with E-state index < -0.39 is 0 Å². The van der Waals surface area contributed by atoms with Crippen molar-refractivity contribution in [3.63, 3.8) is 0 Å². The molecule has 1 amide bonds. The van der Waals surface area contributed by atoms with Crippen LogP contribution in [0.1, 0.15) is 40.5 Å². The highest BCUT2D eigenvalue weighted by Crippen LogP contribution is 2.21. The maximum atomic E-state index is 12.8. The molecule has 0 bridgehead atoms. The van der Waals surface area contributed by atoms with E-state index in [0.29, 0.717) is 17.7 Å². The molecule has 1 aromatic carbocycles. The second-order valence-corrected chi connectivity index (χ2v) is 7.68. The molecule has 0 atom stereocenters. The number of piperidine rings is 1. The number of aromatic nitrogens is 2. The van der Waals surface area contributed by atoms with Crippen molar-refractivity contribution in [1.82, 2.24) is 15.3 Å². The molecule has 3 heterocycles. The van der Waals surface area contributed by atoms with E-state index in [9.17, 15) is 9.59 Å². The van der Waals surface area contributed by atoms with Crippen LogP contribution in [0.3, 0.4) is 0 Å². The Morgan fingerprint density at radius 2 is 1.84 bits per heavy atom. The van der Waals surface area contributed by atoms with Gasteiger partial charge in [0.1, 0.15) is 5.82 Å².